The molecular weight excluding hydrogens is 423 g/mol. The summed E-state index contributed by atoms with van der Waals surface area (Å²) in [7, 11) is 16.6. The Morgan fingerprint density at radius 3 is 2.25 bits per heavy atom. The molecule has 4 heteroatoms. The number of hydrogen-bond donors (Lipinski definition) is 0. The quantitative estimate of drug-likeness (QED) is 0.380. The zero-order valence-corrected chi connectivity index (χ0v) is 19.7. The first kappa shape index (κ1) is 20.2. The Morgan fingerprint density at radius 1 is 0.857 bits per heavy atom. The number of hydrogen-bond acceptors (Lipinski definition) is 1. The molecule has 0 saturated heterocycles. The molecule has 4 rings (SSSR count). The van der Waals surface area contributed by atoms with Gasteiger partial charge in [0.25, 0.3) is 0 Å². The van der Waals surface area contributed by atoms with Crippen molar-refractivity contribution in [3.63, 3.8) is 0 Å². The van der Waals surface area contributed by atoms with Gasteiger partial charge in [0.05, 0.1) is 0 Å². The minimum atomic E-state index is -4.66. The summed E-state index contributed by atoms with van der Waals surface area (Å²) in [6.45, 7) is 6.28. The van der Waals surface area contributed by atoms with Crippen molar-refractivity contribution < 1.29 is 16.9 Å². The second-order valence-electron chi connectivity index (χ2n) is 8.60. The van der Waals surface area contributed by atoms with Gasteiger partial charge in [0, 0.05) is 0 Å². The molecule has 0 radical (unpaired) electrons. The van der Waals surface area contributed by atoms with Crippen LogP contribution in [0.4, 0.5) is 0 Å². The minimum absolute atomic E-state index is 0.119. The van der Waals surface area contributed by atoms with Gasteiger partial charge in [-0.05, 0) is 0 Å². The van der Waals surface area contributed by atoms with E-state index in [1.165, 1.54) is 11.1 Å². The number of benzene rings is 3. The van der Waals surface area contributed by atoms with Gasteiger partial charge >= 0.3 is 177 Å². The summed E-state index contributed by atoms with van der Waals surface area (Å²) in [6, 6.07) is 21.2. The van der Waals surface area contributed by atoms with E-state index in [1.807, 2.05) is 12.1 Å². The van der Waals surface area contributed by atoms with E-state index >= 15 is 0 Å². The SMILES string of the molecule is C[O][Ti]([Cl])([Cl])([c]1c(C2C=Cc3ccccc32)ccc2ccccc12)[C](C)(C)C. The van der Waals surface area contributed by atoms with Gasteiger partial charge in [0.15, 0.2) is 0 Å². The van der Waals surface area contributed by atoms with Crippen LogP contribution in [0.2, 0.25) is 3.72 Å². The van der Waals surface area contributed by atoms with E-state index in [1.54, 1.807) is 7.11 Å². The van der Waals surface area contributed by atoms with E-state index in [9.17, 15) is 0 Å². The van der Waals surface area contributed by atoms with Crippen molar-refractivity contribution in [3.8, 4) is 0 Å². The van der Waals surface area contributed by atoms with Crippen LogP contribution in [0.5, 0.6) is 0 Å². The predicted molar refractivity (Wildman–Crippen MR) is 119 cm³/mol. The van der Waals surface area contributed by atoms with Crippen molar-refractivity contribution in [3.05, 3.63) is 83.4 Å². The molecule has 0 fully saturated rings. The summed E-state index contributed by atoms with van der Waals surface area (Å²) in [6.07, 6.45) is 4.43. The zero-order chi connectivity index (χ0) is 20.2. The monoisotopic (exact) mass is 447 g/mol. The Hall–Kier alpha value is -1.09. The van der Waals surface area contributed by atoms with Crippen molar-refractivity contribution in [1.82, 2.24) is 0 Å². The Balaban J connectivity index is 2.11. The maximum absolute atomic E-state index is 7.48. The topological polar surface area (TPSA) is 9.23 Å². The van der Waals surface area contributed by atoms with Gasteiger partial charge in [-0.2, -0.15) is 0 Å². The van der Waals surface area contributed by atoms with Gasteiger partial charge in [0.2, 0.25) is 0 Å². The summed E-state index contributed by atoms with van der Waals surface area (Å²) in [5.74, 6) is 0.119. The molecule has 3 aromatic carbocycles. The molecule has 1 atom stereocenters. The van der Waals surface area contributed by atoms with Gasteiger partial charge < -0.3 is 0 Å². The second kappa shape index (κ2) is 6.72. The first-order valence-corrected chi connectivity index (χ1v) is 16.1. The average Bonchev–Trinajstić information content (AvgIpc) is 3.10. The molecule has 0 spiro atoms. The molecule has 1 unspecified atom stereocenters. The predicted octanol–water partition coefficient (Wildman–Crippen LogP) is 7.40. The average molecular weight is 448 g/mol. The van der Waals surface area contributed by atoms with Crippen LogP contribution in [0, 0.1) is 0 Å². The molecule has 1 aliphatic rings. The molecule has 3 aromatic rings. The molecule has 0 heterocycles. The standard InChI is InChI=1S/C19H13.C4H9.CH3O.2ClH.Ti/c1-2-7-16-13-17(10-9-14(16)5-1)19-12-11-15-6-3-4-8-18(15)19;1-4(2)3;1-2;;;/h1-12,19H;1-3H3;1H3;2*1H;/q;;-1;;;+3/p-2. The van der Waals surface area contributed by atoms with Crippen LogP contribution in [0.25, 0.3) is 16.8 Å². The van der Waals surface area contributed by atoms with E-state index < -0.39 is 17.3 Å². The molecule has 1 aliphatic carbocycles. The van der Waals surface area contributed by atoms with Crippen LogP contribution in [0.3, 0.4) is 0 Å². The van der Waals surface area contributed by atoms with Crippen molar-refractivity contribution in [1.29, 1.82) is 0 Å². The Morgan fingerprint density at radius 2 is 1.54 bits per heavy atom. The summed E-state index contributed by atoms with van der Waals surface area (Å²) in [5, 5.41) is 2.23. The van der Waals surface area contributed by atoms with Crippen LogP contribution < -0.4 is 3.87 Å². The molecule has 0 saturated carbocycles. The molecule has 145 valence electrons. The fraction of sp³-hybridized carbons (Fsp3) is 0.250. The Bertz CT molecular complexity index is 1100. The summed E-state index contributed by atoms with van der Waals surface area (Å²) in [5.41, 5.74) is 3.68. The van der Waals surface area contributed by atoms with Crippen LogP contribution >= 0.6 is 18.6 Å². The normalized spacial score (nSPS) is 18.1. The van der Waals surface area contributed by atoms with Gasteiger partial charge in [-0.25, -0.2) is 0 Å². The molecular formula is C24H25Cl2OTi. The summed E-state index contributed by atoms with van der Waals surface area (Å²) < 4.78 is 6.79. The number of allylic oxidation sites excluding steroid dienone is 1. The Kier molecular flexibility index (Phi) is 4.85. The Labute approximate surface area is 176 Å². The van der Waals surface area contributed by atoms with Crippen LogP contribution in [0.15, 0.2) is 66.7 Å². The van der Waals surface area contributed by atoms with E-state index in [0.29, 0.717) is 0 Å². The van der Waals surface area contributed by atoms with E-state index in [-0.39, 0.29) is 5.92 Å². The second-order valence-corrected chi connectivity index (χ2v) is 22.0. The first-order chi connectivity index (χ1) is 13.2. The van der Waals surface area contributed by atoms with E-state index in [0.717, 1.165) is 20.2 Å². The van der Waals surface area contributed by atoms with Gasteiger partial charge in [-0.1, -0.05) is 0 Å². The fourth-order valence-corrected chi connectivity index (χ4v) is 10.7. The van der Waals surface area contributed by atoms with E-state index in [2.05, 4.69) is 81.5 Å². The maximum atomic E-state index is 7.48. The van der Waals surface area contributed by atoms with Crippen molar-refractivity contribution in [2.45, 2.75) is 30.4 Å². The number of halogens is 2. The van der Waals surface area contributed by atoms with Crippen LogP contribution in [-0.4, -0.2) is 7.11 Å². The summed E-state index contributed by atoms with van der Waals surface area (Å²) >= 11 is -4.66. The third-order valence-corrected chi connectivity index (χ3v) is 20.8. The van der Waals surface area contributed by atoms with Crippen LogP contribution in [0.1, 0.15) is 43.4 Å². The van der Waals surface area contributed by atoms with Crippen molar-refractivity contribution >= 4 is 39.3 Å². The molecule has 0 N–H and O–H groups in total. The molecule has 0 aromatic heterocycles. The third kappa shape index (κ3) is 2.83. The van der Waals surface area contributed by atoms with Crippen molar-refractivity contribution in [2.75, 3.05) is 7.11 Å². The zero-order valence-electron chi connectivity index (χ0n) is 16.7. The molecule has 28 heavy (non-hydrogen) atoms. The molecule has 1 nitrogen and oxygen atoms in total. The molecule has 0 bridgehead atoms. The molecule has 0 aliphatic heterocycles. The number of fused-ring (bicyclic) bond motifs is 2. The van der Waals surface area contributed by atoms with Gasteiger partial charge in [-0.15, -0.1) is 0 Å². The van der Waals surface area contributed by atoms with Gasteiger partial charge in [-0.3, -0.25) is 0 Å². The van der Waals surface area contributed by atoms with Gasteiger partial charge in [0.1, 0.15) is 0 Å². The number of rotatable bonds is 3. The van der Waals surface area contributed by atoms with Crippen LogP contribution in [-0.2, 0) is 16.9 Å². The van der Waals surface area contributed by atoms with E-state index in [4.69, 9.17) is 21.9 Å². The molecule has 0 amide bonds. The summed E-state index contributed by atoms with van der Waals surface area (Å²) in [4.78, 5) is 0. The first-order valence-electron chi connectivity index (χ1n) is 9.59. The third-order valence-electron chi connectivity index (χ3n) is 6.12. The fourth-order valence-electron chi connectivity index (χ4n) is 4.32. The van der Waals surface area contributed by atoms with Crippen molar-refractivity contribution in [2.24, 2.45) is 0 Å².